The van der Waals surface area contributed by atoms with Gasteiger partial charge in [0, 0.05) is 17.6 Å². The van der Waals surface area contributed by atoms with Crippen LogP contribution in [0.3, 0.4) is 0 Å². The quantitative estimate of drug-likeness (QED) is 0.830. The number of nitrogens with zero attached hydrogens (tertiary/aromatic N) is 1. The van der Waals surface area contributed by atoms with Gasteiger partial charge in [0.05, 0.1) is 19.6 Å². The van der Waals surface area contributed by atoms with Gasteiger partial charge in [-0.15, -0.1) is 0 Å². The molecule has 1 unspecified atom stereocenters. The van der Waals surface area contributed by atoms with Crippen LogP contribution in [-0.2, 0) is 11.2 Å². The molecule has 0 N–H and O–H groups in total. The summed E-state index contributed by atoms with van der Waals surface area (Å²) in [5, 5.41) is 0.673. The van der Waals surface area contributed by atoms with E-state index in [1.54, 1.807) is 24.1 Å². The van der Waals surface area contributed by atoms with E-state index in [0.29, 0.717) is 11.4 Å². The lowest BCUT2D eigenvalue weighted by molar-refractivity contribution is -0.131. The molecule has 0 saturated carbocycles. The Bertz CT molecular complexity index is 640. The van der Waals surface area contributed by atoms with Gasteiger partial charge in [-0.05, 0) is 30.7 Å². The fourth-order valence-corrected chi connectivity index (χ4v) is 2.46. The van der Waals surface area contributed by atoms with Crippen LogP contribution >= 0.6 is 11.6 Å². The first-order valence-corrected chi connectivity index (χ1v) is 7.53. The number of carbonyl (C=O) groups excluding carboxylic acids is 1. The molecule has 0 aliphatic rings. The molecule has 116 valence electrons. The van der Waals surface area contributed by atoms with E-state index in [-0.39, 0.29) is 11.9 Å². The van der Waals surface area contributed by atoms with E-state index in [1.807, 2.05) is 50.4 Å². The van der Waals surface area contributed by atoms with Crippen molar-refractivity contribution < 1.29 is 9.53 Å². The van der Waals surface area contributed by atoms with Crippen molar-refractivity contribution in [2.24, 2.45) is 0 Å². The SMILES string of the molecule is COc1ccccc1C(C)N(C)C(=O)Cc1ccc(Cl)cc1. The summed E-state index contributed by atoms with van der Waals surface area (Å²) in [5.74, 6) is 0.849. The summed E-state index contributed by atoms with van der Waals surface area (Å²) in [4.78, 5) is 14.2. The lowest BCUT2D eigenvalue weighted by Crippen LogP contribution is -2.31. The summed E-state index contributed by atoms with van der Waals surface area (Å²) in [6.07, 6.45) is 0.354. The number of rotatable bonds is 5. The molecule has 0 heterocycles. The van der Waals surface area contributed by atoms with E-state index in [4.69, 9.17) is 16.3 Å². The number of halogens is 1. The number of ether oxygens (including phenoxy) is 1. The number of para-hydroxylation sites is 1. The fraction of sp³-hybridized carbons (Fsp3) is 0.278. The Labute approximate surface area is 136 Å². The van der Waals surface area contributed by atoms with E-state index < -0.39 is 0 Å². The maximum atomic E-state index is 12.5. The van der Waals surface area contributed by atoms with Crippen LogP contribution in [0.1, 0.15) is 24.1 Å². The highest BCUT2D eigenvalue weighted by Gasteiger charge is 2.20. The van der Waals surface area contributed by atoms with Gasteiger partial charge in [-0.25, -0.2) is 0 Å². The monoisotopic (exact) mass is 317 g/mol. The molecule has 0 radical (unpaired) electrons. The third kappa shape index (κ3) is 3.80. The summed E-state index contributed by atoms with van der Waals surface area (Å²) in [6, 6.07) is 15.1. The number of methoxy groups -OCH3 is 1. The Kier molecular flexibility index (Phi) is 5.45. The minimum atomic E-state index is -0.0593. The van der Waals surface area contributed by atoms with Gasteiger partial charge >= 0.3 is 0 Å². The highest BCUT2D eigenvalue weighted by atomic mass is 35.5. The molecular weight excluding hydrogens is 298 g/mol. The summed E-state index contributed by atoms with van der Waals surface area (Å²) in [5.41, 5.74) is 1.95. The van der Waals surface area contributed by atoms with Crippen LogP contribution in [0, 0.1) is 0 Å². The van der Waals surface area contributed by atoms with Crippen LogP contribution in [0.15, 0.2) is 48.5 Å². The summed E-state index contributed by atoms with van der Waals surface area (Å²) >= 11 is 5.87. The lowest BCUT2D eigenvalue weighted by atomic mass is 10.0. The normalized spacial score (nSPS) is 11.8. The number of hydrogen-bond donors (Lipinski definition) is 0. The number of benzene rings is 2. The fourth-order valence-electron chi connectivity index (χ4n) is 2.34. The molecule has 0 spiro atoms. The topological polar surface area (TPSA) is 29.5 Å². The third-order valence-electron chi connectivity index (χ3n) is 3.83. The smallest absolute Gasteiger partial charge is 0.227 e. The minimum Gasteiger partial charge on any atom is -0.496 e. The van der Waals surface area contributed by atoms with E-state index in [0.717, 1.165) is 16.9 Å². The Morgan fingerprint density at radius 1 is 1.18 bits per heavy atom. The largest absolute Gasteiger partial charge is 0.496 e. The maximum Gasteiger partial charge on any atom is 0.227 e. The van der Waals surface area contributed by atoms with Crippen LogP contribution in [0.2, 0.25) is 5.02 Å². The minimum absolute atomic E-state index is 0.0562. The van der Waals surface area contributed by atoms with Gasteiger partial charge in [0.2, 0.25) is 5.91 Å². The molecule has 2 aromatic carbocycles. The van der Waals surface area contributed by atoms with Crippen molar-refractivity contribution in [3.8, 4) is 5.75 Å². The Morgan fingerprint density at radius 2 is 1.82 bits per heavy atom. The van der Waals surface area contributed by atoms with Crippen LogP contribution in [-0.4, -0.2) is 25.0 Å². The highest BCUT2D eigenvalue weighted by molar-refractivity contribution is 6.30. The molecule has 2 aromatic rings. The molecule has 0 aromatic heterocycles. The molecule has 3 nitrogen and oxygen atoms in total. The molecule has 0 aliphatic heterocycles. The first kappa shape index (κ1) is 16.4. The van der Waals surface area contributed by atoms with Crippen molar-refractivity contribution in [2.45, 2.75) is 19.4 Å². The second kappa shape index (κ2) is 7.32. The van der Waals surface area contributed by atoms with Crippen LogP contribution in [0.5, 0.6) is 5.75 Å². The van der Waals surface area contributed by atoms with Gasteiger partial charge in [0.15, 0.2) is 0 Å². The molecule has 0 fully saturated rings. The van der Waals surface area contributed by atoms with E-state index >= 15 is 0 Å². The molecular formula is C18H20ClNO2. The number of hydrogen-bond acceptors (Lipinski definition) is 2. The summed E-state index contributed by atoms with van der Waals surface area (Å²) in [7, 11) is 3.45. The van der Waals surface area contributed by atoms with Gasteiger partial charge in [0.25, 0.3) is 0 Å². The molecule has 4 heteroatoms. The molecule has 0 saturated heterocycles. The zero-order valence-electron chi connectivity index (χ0n) is 13.0. The van der Waals surface area contributed by atoms with E-state index in [9.17, 15) is 4.79 Å². The molecule has 22 heavy (non-hydrogen) atoms. The van der Waals surface area contributed by atoms with Crippen LogP contribution in [0.25, 0.3) is 0 Å². The van der Waals surface area contributed by atoms with Gasteiger partial charge in [-0.1, -0.05) is 41.9 Å². The number of carbonyl (C=O) groups is 1. The maximum absolute atomic E-state index is 12.5. The van der Waals surface area contributed by atoms with Crippen LogP contribution < -0.4 is 4.74 Å². The van der Waals surface area contributed by atoms with Gasteiger partial charge in [-0.2, -0.15) is 0 Å². The van der Waals surface area contributed by atoms with E-state index in [1.165, 1.54) is 0 Å². The van der Waals surface area contributed by atoms with Crippen molar-refractivity contribution >= 4 is 17.5 Å². The average Bonchev–Trinajstić information content (AvgIpc) is 2.55. The summed E-state index contributed by atoms with van der Waals surface area (Å²) < 4.78 is 5.38. The zero-order chi connectivity index (χ0) is 16.1. The molecule has 2 rings (SSSR count). The standard InChI is InChI=1S/C18H20ClNO2/c1-13(16-6-4-5-7-17(16)22-3)20(2)18(21)12-14-8-10-15(19)11-9-14/h4-11,13H,12H2,1-3H3. The Balaban J connectivity index is 2.11. The van der Waals surface area contributed by atoms with Crippen molar-refractivity contribution in [3.05, 3.63) is 64.7 Å². The second-order valence-electron chi connectivity index (χ2n) is 5.23. The third-order valence-corrected chi connectivity index (χ3v) is 4.08. The van der Waals surface area contributed by atoms with Crippen molar-refractivity contribution in [3.63, 3.8) is 0 Å². The van der Waals surface area contributed by atoms with Crippen molar-refractivity contribution in [1.29, 1.82) is 0 Å². The number of amides is 1. The Hall–Kier alpha value is -2.00. The zero-order valence-corrected chi connectivity index (χ0v) is 13.8. The Morgan fingerprint density at radius 3 is 2.45 bits per heavy atom. The highest BCUT2D eigenvalue weighted by Crippen LogP contribution is 2.28. The first-order chi connectivity index (χ1) is 10.5. The average molecular weight is 318 g/mol. The predicted octanol–water partition coefficient (Wildman–Crippen LogP) is 4.11. The van der Waals surface area contributed by atoms with Gasteiger partial charge in [0.1, 0.15) is 5.75 Å². The molecule has 1 amide bonds. The molecule has 0 aliphatic carbocycles. The van der Waals surface area contributed by atoms with E-state index in [2.05, 4.69) is 0 Å². The molecule has 0 bridgehead atoms. The van der Waals surface area contributed by atoms with Gasteiger partial charge < -0.3 is 9.64 Å². The second-order valence-corrected chi connectivity index (χ2v) is 5.66. The summed E-state index contributed by atoms with van der Waals surface area (Å²) in [6.45, 7) is 2.00. The first-order valence-electron chi connectivity index (χ1n) is 7.16. The van der Waals surface area contributed by atoms with Crippen LogP contribution in [0.4, 0.5) is 0 Å². The number of likely N-dealkylation sites (N-methyl/N-ethyl adjacent to an activating group) is 1. The van der Waals surface area contributed by atoms with Crippen molar-refractivity contribution in [2.75, 3.05) is 14.2 Å². The van der Waals surface area contributed by atoms with Gasteiger partial charge in [-0.3, -0.25) is 4.79 Å². The lowest BCUT2D eigenvalue weighted by Gasteiger charge is -2.26. The predicted molar refractivity (Wildman–Crippen MR) is 89.3 cm³/mol. The van der Waals surface area contributed by atoms with Crippen molar-refractivity contribution in [1.82, 2.24) is 4.90 Å². The molecule has 1 atom stereocenters.